The van der Waals surface area contributed by atoms with E-state index < -0.39 is 0 Å². The Kier molecular flexibility index (Phi) is 6.83. The van der Waals surface area contributed by atoms with Crippen molar-refractivity contribution in [1.82, 2.24) is 4.98 Å². The van der Waals surface area contributed by atoms with Gasteiger partial charge < -0.3 is 19.5 Å². The monoisotopic (exact) mass is 413 g/mol. The van der Waals surface area contributed by atoms with Crippen molar-refractivity contribution in [3.8, 4) is 23.3 Å². The standard InChI is InChI=1S/C21H23N3O4S/c1-26-17-9-15(10-18(27-2)20(17)28-3)23-19(25)12-29-21-14(11-22)8-13-6-4-5-7-16(13)24-21/h8-10H,4-7,12H2,1-3H3,(H,23,25). The van der Waals surface area contributed by atoms with E-state index in [1.54, 1.807) is 12.1 Å². The van der Waals surface area contributed by atoms with Gasteiger partial charge in [-0.25, -0.2) is 4.98 Å². The predicted molar refractivity (Wildman–Crippen MR) is 111 cm³/mol. The molecule has 1 amide bonds. The molecule has 0 radical (unpaired) electrons. The Morgan fingerprint density at radius 2 is 1.83 bits per heavy atom. The van der Waals surface area contributed by atoms with Gasteiger partial charge in [-0.15, -0.1) is 0 Å². The fourth-order valence-corrected chi connectivity index (χ4v) is 4.06. The van der Waals surface area contributed by atoms with Gasteiger partial charge in [0.05, 0.1) is 32.6 Å². The fourth-order valence-electron chi connectivity index (χ4n) is 3.29. The van der Waals surface area contributed by atoms with Crippen LogP contribution in [0.15, 0.2) is 23.2 Å². The minimum absolute atomic E-state index is 0.136. The molecule has 1 aromatic heterocycles. The maximum atomic E-state index is 12.5. The van der Waals surface area contributed by atoms with Crippen LogP contribution < -0.4 is 19.5 Å². The third-order valence-corrected chi connectivity index (χ3v) is 5.67. The number of hydrogen-bond donors (Lipinski definition) is 1. The lowest BCUT2D eigenvalue weighted by Gasteiger charge is -2.16. The highest BCUT2D eigenvalue weighted by Crippen LogP contribution is 2.40. The van der Waals surface area contributed by atoms with Crippen LogP contribution in [0.1, 0.15) is 29.7 Å². The van der Waals surface area contributed by atoms with E-state index >= 15 is 0 Å². The number of aryl methyl sites for hydroxylation is 2. The number of nitrogens with one attached hydrogen (secondary N) is 1. The number of methoxy groups -OCH3 is 3. The van der Waals surface area contributed by atoms with Crippen LogP contribution in [0.25, 0.3) is 0 Å². The number of anilines is 1. The van der Waals surface area contributed by atoms with Gasteiger partial charge in [0.15, 0.2) is 11.5 Å². The summed E-state index contributed by atoms with van der Waals surface area (Å²) in [5.74, 6) is 1.29. The summed E-state index contributed by atoms with van der Waals surface area (Å²) in [7, 11) is 4.56. The second-order valence-electron chi connectivity index (χ2n) is 6.52. The molecule has 0 unspecified atom stereocenters. The SMILES string of the molecule is COc1cc(NC(=O)CSc2nc3c(cc2C#N)CCCC3)cc(OC)c1OC. The molecule has 0 spiro atoms. The summed E-state index contributed by atoms with van der Waals surface area (Å²) in [5.41, 5.74) is 3.25. The van der Waals surface area contributed by atoms with Crippen molar-refractivity contribution in [2.75, 3.05) is 32.4 Å². The minimum atomic E-state index is -0.215. The highest BCUT2D eigenvalue weighted by Gasteiger charge is 2.18. The van der Waals surface area contributed by atoms with Gasteiger partial charge in [-0.05, 0) is 37.3 Å². The first-order valence-corrected chi connectivity index (χ1v) is 10.2. The molecule has 0 aliphatic heterocycles. The molecule has 0 bridgehead atoms. The van der Waals surface area contributed by atoms with Crippen molar-refractivity contribution < 1.29 is 19.0 Å². The number of ether oxygens (including phenoxy) is 3. The number of amides is 1. The first-order chi connectivity index (χ1) is 14.1. The molecule has 1 aliphatic rings. The molecule has 1 heterocycles. The number of pyridine rings is 1. The number of nitrogens with zero attached hydrogens (tertiary/aromatic N) is 2. The molecule has 1 N–H and O–H groups in total. The largest absolute Gasteiger partial charge is 0.493 e. The van der Waals surface area contributed by atoms with Crippen LogP contribution in [-0.4, -0.2) is 38.0 Å². The molecule has 1 aliphatic carbocycles. The number of fused-ring (bicyclic) bond motifs is 1. The van der Waals surface area contributed by atoms with E-state index in [-0.39, 0.29) is 11.7 Å². The second-order valence-corrected chi connectivity index (χ2v) is 7.48. The van der Waals surface area contributed by atoms with Crippen molar-refractivity contribution in [1.29, 1.82) is 5.26 Å². The minimum Gasteiger partial charge on any atom is -0.493 e. The number of nitriles is 1. The van der Waals surface area contributed by atoms with Crippen LogP contribution in [0.3, 0.4) is 0 Å². The Labute approximate surface area is 174 Å². The van der Waals surface area contributed by atoms with Crippen molar-refractivity contribution in [3.05, 3.63) is 35.0 Å². The molecular formula is C21H23N3O4S. The van der Waals surface area contributed by atoms with Crippen LogP contribution in [-0.2, 0) is 17.6 Å². The van der Waals surface area contributed by atoms with E-state index in [1.807, 2.05) is 6.07 Å². The average Bonchev–Trinajstić information content (AvgIpc) is 2.76. The number of aromatic nitrogens is 1. The van der Waals surface area contributed by atoms with E-state index in [0.29, 0.717) is 33.5 Å². The topological polar surface area (TPSA) is 93.5 Å². The molecule has 2 aromatic rings. The van der Waals surface area contributed by atoms with Crippen molar-refractivity contribution in [2.45, 2.75) is 30.7 Å². The smallest absolute Gasteiger partial charge is 0.234 e. The van der Waals surface area contributed by atoms with Crippen LogP contribution in [0.4, 0.5) is 5.69 Å². The van der Waals surface area contributed by atoms with Crippen molar-refractivity contribution in [3.63, 3.8) is 0 Å². The third kappa shape index (κ3) is 4.74. The Hall–Kier alpha value is -2.92. The first-order valence-electron chi connectivity index (χ1n) is 9.25. The van der Waals surface area contributed by atoms with Crippen LogP contribution in [0.2, 0.25) is 0 Å². The Bertz CT molecular complexity index is 931. The average molecular weight is 413 g/mol. The van der Waals surface area contributed by atoms with Crippen LogP contribution in [0, 0.1) is 11.3 Å². The lowest BCUT2D eigenvalue weighted by molar-refractivity contribution is -0.113. The van der Waals surface area contributed by atoms with E-state index in [4.69, 9.17) is 14.2 Å². The maximum Gasteiger partial charge on any atom is 0.234 e. The second kappa shape index (κ2) is 9.52. The molecule has 1 aromatic carbocycles. The van der Waals surface area contributed by atoms with Gasteiger partial charge >= 0.3 is 0 Å². The summed E-state index contributed by atoms with van der Waals surface area (Å²) >= 11 is 1.27. The number of benzene rings is 1. The molecule has 7 nitrogen and oxygen atoms in total. The van der Waals surface area contributed by atoms with Gasteiger partial charge in [0, 0.05) is 23.5 Å². The summed E-state index contributed by atoms with van der Waals surface area (Å²) in [6, 6.07) is 7.45. The summed E-state index contributed by atoms with van der Waals surface area (Å²) in [4.78, 5) is 17.1. The molecule has 0 saturated carbocycles. The molecule has 0 saturated heterocycles. The third-order valence-electron chi connectivity index (χ3n) is 4.67. The molecular weight excluding hydrogens is 390 g/mol. The fraction of sp³-hybridized carbons (Fsp3) is 0.381. The van der Waals surface area contributed by atoms with Gasteiger partial charge in [-0.1, -0.05) is 11.8 Å². The van der Waals surface area contributed by atoms with E-state index in [9.17, 15) is 10.1 Å². The van der Waals surface area contributed by atoms with Gasteiger partial charge in [-0.3, -0.25) is 4.79 Å². The van der Waals surface area contributed by atoms with Crippen molar-refractivity contribution in [2.24, 2.45) is 0 Å². The Morgan fingerprint density at radius 3 is 2.45 bits per heavy atom. The first kappa shape index (κ1) is 20.8. The van der Waals surface area contributed by atoms with Crippen LogP contribution in [0.5, 0.6) is 17.2 Å². The molecule has 29 heavy (non-hydrogen) atoms. The summed E-state index contributed by atoms with van der Waals surface area (Å²) < 4.78 is 15.9. The number of thioether (sulfide) groups is 1. The van der Waals surface area contributed by atoms with E-state index in [0.717, 1.165) is 36.9 Å². The summed E-state index contributed by atoms with van der Waals surface area (Å²) in [6.07, 6.45) is 4.12. The molecule has 0 fully saturated rings. The summed E-state index contributed by atoms with van der Waals surface area (Å²) in [5, 5.41) is 12.9. The number of carbonyl (C=O) groups excluding carboxylic acids is 1. The molecule has 8 heteroatoms. The zero-order valence-corrected chi connectivity index (χ0v) is 17.5. The Balaban J connectivity index is 1.71. The van der Waals surface area contributed by atoms with Crippen molar-refractivity contribution >= 4 is 23.4 Å². The lowest BCUT2D eigenvalue weighted by atomic mass is 9.95. The van der Waals surface area contributed by atoms with Gasteiger partial charge in [0.25, 0.3) is 0 Å². The molecule has 3 rings (SSSR count). The number of hydrogen-bond acceptors (Lipinski definition) is 7. The number of carbonyl (C=O) groups is 1. The van der Waals surface area contributed by atoms with Gasteiger partial charge in [0.1, 0.15) is 11.1 Å². The molecule has 0 atom stereocenters. The zero-order valence-electron chi connectivity index (χ0n) is 16.7. The van der Waals surface area contributed by atoms with Crippen LogP contribution >= 0.6 is 11.8 Å². The maximum absolute atomic E-state index is 12.5. The van der Waals surface area contributed by atoms with E-state index in [2.05, 4.69) is 16.4 Å². The normalized spacial score (nSPS) is 12.5. The van der Waals surface area contributed by atoms with Gasteiger partial charge in [0.2, 0.25) is 11.7 Å². The Morgan fingerprint density at radius 1 is 1.14 bits per heavy atom. The zero-order chi connectivity index (χ0) is 20.8. The van der Waals surface area contributed by atoms with E-state index in [1.165, 1.54) is 33.1 Å². The summed E-state index contributed by atoms with van der Waals surface area (Å²) in [6.45, 7) is 0. The van der Waals surface area contributed by atoms with Gasteiger partial charge in [-0.2, -0.15) is 5.26 Å². The molecule has 152 valence electrons. The quantitative estimate of drug-likeness (QED) is 0.693. The predicted octanol–water partition coefficient (Wildman–Crippen LogP) is 3.59. The highest BCUT2D eigenvalue weighted by atomic mass is 32.2. The lowest BCUT2D eigenvalue weighted by Crippen LogP contribution is -2.15. The highest BCUT2D eigenvalue weighted by molar-refractivity contribution is 8.00. The number of rotatable bonds is 7.